The van der Waals surface area contributed by atoms with Gasteiger partial charge in [0.1, 0.15) is 5.82 Å². The molecule has 82 valence electrons. The maximum Gasteiger partial charge on any atom is 0.293 e. The number of halogens is 1. The number of nitrogens with zero attached hydrogens (tertiary/aromatic N) is 2. The van der Waals surface area contributed by atoms with Crippen molar-refractivity contribution in [3.63, 3.8) is 0 Å². The van der Waals surface area contributed by atoms with Gasteiger partial charge in [-0.1, -0.05) is 17.3 Å². The van der Waals surface area contributed by atoms with E-state index in [0.29, 0.717) is 12.2 Å². The number of carbonyl (C=O) groups is 1. The molecule has 0 amide bonds. The number of rotatable bonds is 3. The van der Waals surface area contributed by atoms with Crippen LogP contribution in [-0.4, -0.2) is 15.9 Å². The van der Waals surface area contributed by atoms with Crippen molar-refractivity contribution < 1.29 is 13.7 Å². The zero-order valence-corrected chi connectivity index (χ0v) is 8.61. The van der Waals surface area contributed by atoms with Crippen LogP contribution >= 0.6 is 0 Å². The fraction of sp³-hybridized carbons (Fsp3) is 0.182. The van der Waals surface area contributed by atoms with Gasteiger partial charge in [0.15, 0.2) is 5.82 Å². The van der Waals surface area contributed by atoms with Crippen LogP contribution in [0.2, 0.25) is 0 Å². The van der Waals surface area contributed by atoms with Crippen LogP contribution in [0.5, 0.6) is 0 Å². The second-order valence-corrected chi connectivity index (χ2v) is 3.38. The molecule has 16 heavy (non-hydrogen) atoms. The van der Waals surface area contributed by atoms with Crippen LogP contribution in [-0.2, 0) is 6.42 Å². The fourth-order valence-electron chi connectivity index (χ4n) is 1.30. The lowest BCUT2D eigenvalue weighted by Crippen LogP contribution is -1.94. The van der Waals surface area contributed by atoms with Crippen LogP contribution in [0.25, 0.3) is 0 Å². The Morgan fingerprint density at radius 3 is 2.94 bits per heavy atom. The zero-order chi connectivity index (χ0) is 11.5. The van der Waals surface area contributed by atoms with Crippen molar-refractivity contribution in [2.24, 2.45) is 0 Å². The number of aromatic nitrogens is 2. The molecule has 0 fully saturated rings. The second kappa shape index (κ2) is 4.22. The van der Waals surface area contributed by atoms with E-state index in [0.717, 1.165) is 5.56 Å². The van der Waals surface area contributed by atoms with Crippen LogP contribution in [0.4, 0.5) is 4.39 Å². The molecule has 0 aliphatic carbocycles. The van der Waals surface area contributed by atoms with Crippen molar-refractivity contribution in [1.29, 1.82) is 0 Å². The topological polar surface area (TPSA) is 56.0 Å². The van der Waals surface area contributed by atoms with Gasteiger partial charge < -0.3 is 4.52 Å². The predicted molar refractivity (Wildman–Crippen MR) is 53.5 cm³/mol. The molecule has 4 nitrogen and oxygen atoms in total. The Hall–Kier alpha value is -2.04. The number of Topliss-reactive ketones (excluding diaryl/α,β-unsaturated/α-hetero) is 1. The van der Waals surface area contributed by atoms with Gasteiger partial charge in [-0.05, 0) is 17.7 Å². The summed E-state index contributed by atoms with van der Waals surface area (Å²) in [6.45, 7) is 1.35. The summed E-state index contributed by atoms with van der Waals surface area (Å²) in [5.74, 6) is -0.243. The average molecular weight is 220 g/mol. The van der Waals surface area contributed by atoms with E-state index in [1.54, 1.807) is 12.1 Å². The van der Waals surface area contributed by atoms with Gasteiger partial charge in [0.25, 0.3) is 5.89 Å². The van der Waals surface area contributed by atoms with Gasteiger partial charge in [-0.25, -0.2) is 4.39 Å². The Morgan fingerprint density at radius 2 is 2.31 bits per heavy atom. The molecular formula is C11H9FN2O2. The Balaban J connectivity index is 2.17. The third-order valence-electron chi connectivity index (χ3n) is 2.02. The molecule has 1 aromatic heterocycles. The quantitative estimate of drug-likeness (QED) is 0.742. The predicted octanol–water partition coefficient (Wildman–Crippen LogP) is 2.00. The summed E-state index contributed by atoms with van der Waals surface area (Å²) in [5, 5.41) is 3.63. The summed E-state index contributed by atoms with van der Waals surface area (Å²) in [6, 6.07) is 6.12. The van der Waals surface area contributed by atoms with Crippen molar-refractivity contribution in [3.05, 3.63) is 47.4 Å². The average Bonchev–Trinajstić information content (AvgIpc) is 2.66. The number of carbonyl (C=O) groups excluding carboxylic acids is 1. The number of hydrogen-bond acceptors (Lipinski definition) is 4. The van der Waals surface area contributed by atoms with Crippen LogP contribution in [0.15, 0.2) is 28.8 Å². The molecule has 0 saturated carbocycles. The molecule has 0 aliphatic heterocycles. The molecule has 0 bridgehead atoms. The van der Waals surface area contributed by atoms with E-state index >= 15 is 0 Å². The van der Waals surface area contributed by atoms with Crippen molar-refractivity contribution >= 4 is 5.78 Å². The minimum atomic E-state index is -0.312. The summed E-state index contributed by atoms with van der Waals surface area (Å²) < 4.78 is 17.6. The van der Waals surface area contributed by atoms with E-state index in [2.05, 4.69) is 10.1 Å². The maximum atomic E-state index is 12.9. The number of benzene rings is 1. The Morgan fingerprint density at radius 1 is 1.50 bits per heavy atom. The largest absolute Gasteiger partial charge is 0.331 e. The van der Waals surface area contributed by atoms with Gasteiger partial charge in [0, 0.05) is 13.3 Å². The minimum absolute atomic E-state index is 0.0218. The highest BCUT2D eigenvalue weighted by molar-refractivity contribution is 5.89. The number of hydrogen-bond donors (Lipinski definition) is 0. The lowest BCUT2D eigenvalue weighted by molar-refractivity contribution is 0.0972. The minimum Gasteiger partial charge on any atom is -0.331 e. The molecule has 1 heterocycles. The molecule has 0 atom stereocenters. The molecule has 0 radical (unpaired) electrons. The first-order valence-corrected chi connectivity index (χ1v) is 4.73. The summed E-state index contributed by atoms with van der Waals surface area (Å²) in [4.78, 5) is 14.8. The van der Waals surface area contributed by atoms with Crippen LogP contribution in [0.1, 0.15) is 29.0 Å². The summed E-state index contributed by atoms with van der Waals surface area (Å²) in [5.41, 5.74) is 0.732. The zero-order valence-electron chi connectivity index (χ0n) is 8.61. The highest BCUT2D eigenvalue weighted by Gasteiger charge is 2.10. The number of ketones is 1. The molecule has 0 spiro atoms. The Labute approximate surface area is 91.1 Å². The van der Waals surface area contributed by atoms with Crippen molar-refractivity contribution in [2.75, 3.05) is 0 Å². The van der Waals surface area contributed by atoms with E-state index in [1.807, 2.05) is 0 Å². The standard InChI is InChI=1S/C11H9FN2O2/c1-7(15)11-13-10(14-16-11)6-8-3-2-4-9(12)5-8/h2-5H,6H2,1H3. The summed E-state index contributed by atoms with van der Waals surface area (Å²) >= 11 is 0. The third kappa shape index (κ3) is 2.31. The van der Waals surface area contributed by atoms with Gasteiger partial charge in [0.2, 0.25) is 5.78 Å². The fourth-order valence-corrected chi connectivity index (χ4v) is 1.30. The lowest BCUT2D eigenvalue weighted by atomic mass is 10.1. The molecule has 0 saturated heterocycles. The van der Waals surface area contributed by atoms with Crippen molar-refractivity contribution in [1.82, 2.24) is 10.1 Å². The molecule has 0 unspecified atom stereocenters. The summed E-state index contributed by atoms with van der Waals surface area (Å²) in [6.07, 6.45) is 0.342. The Bertz CT molecular complexity index is 522. The van der Waals surface area contributed by atoms with Gasteiger partial charge in [-0.15, -0.1) is 0 Å². The summed E-state index contributed by atoms with van der Waals surface area (Å²) in [7, 11) is 0. The van der Waals surface area contributed by atoms with E-state index in [4.69, 9.17) is 4.52 Å². The van der Waals surface area contributed by atoms with Gasteiger partial charge in [0.05, 0.1) is 0 Å². The van der Waals surface area contributed by atoms with E-state index in [1.165, 1.54) is 19.1 Å². The highest BCUT2D eigenvalue weighted by atomic mass is 19.1. The smallest absolute Gasteiger partial charge is 0.293 e. The molecule has 2 aromatic rings. The first-order valence-electron chi connectivity index (χ1n) is 4.73. The maximum absolute atomic E-state index is 12.9. The van der Waals surface area contributed by atoms with E-state index < -0.39 is 0 Å². The van der Waals surface area contributed by atoms with E-state index in [9.17, 15) is 9.18 Å². The Kier molecular flexibility index (Phi) is 2.76. The highest BCUT2D eigenvalue weighted by Crippen LogP contribution is 2.08. The van der Waals surface area contributed by atoms with E-state index in [-0.39, 0.29) is 17.5 Å². The SMILES string of the molecule is CC(=O)c1nc(Cc2cccc(F)c2)no1. The molecular weight excluding hydrogens is 211 g/mol. The third-order valence-corrected chi connectivity index (χ3v) is 2.02. The molecule has 2 rings (SSSR count). The normalized spacial score (nSPS) is 10.4. The van der Waals surface area contributed by atoms with Crippen molar-refractivity contribution in [2.45, 2.75) is 13.3 Å². The molecule has 1 aromatic carbocycles. The van der Waals surface area contributed by atoms with Crippen LogP contribution in [0, 0.1) is 5.82 Å². The van der Waals surface area contributed by atoms with Gasteiger partial charge in [-0.3, -0.25) is 4.79 Å². The van der Waals surface area contributed by atoms with Crippen LogP contribution < -0.4 is 0 Å². The second-order valence-electron chi connectivity index (χ2n) is 3.38. The molecule has 0 N–H and O–H groups in total. The first-order chi connectivity index (χ1) is 7.65. The van der Waals surface area contributed by atoms with Gasteiger partial charge >= 0.3 is 0 Å². The van der Waals surface area contributed by atoms with Gasteiger partial charge in [-0.2, -0.15) is 4.98 Å². The molecule has 0 aliphatic rings. The van der Waals surface area contributed by atoms with Crippen molar-refractivity contribution in [3.8, 4) is 0 Å². The molecule has 5 heteroatoms. The lowest BCUT2D eigenvalue weighted by Gasteiger charge is -1.95. The van der Waals surface area contributed by atoms with Crippen LogP contribution in [0.3, 0.4) is 0 Å². The monoisotopic (exact) mass is 220 g/mol. The first kappa shape index (κ1) is 10.5.